The number of ether oxygens (including phenoxy) is 1. The maximum Gasteiger partial charge on any atom is 0.247 e. The molecule has 0 spiro atoms. The molecule has 1 unspecified atom stereocenters. The molecule has 0 aliphatic carbocycles. The molecular weight excluding hydrogens is 338 g/mol. The van der Waals surface area contributed by atoms with E-state index in [1.807, 2.05) is 36.2 Å². The first-order valence-electron chi connectivity index (χ1n) is 6.52. The standard InChI is InChI=1S/C14H18BrN3O3/c1-18(7-12(19)9-20-2)8-13-16-17-14(21-13)10-3-5-11(15)6-4-10/h3-6,12,19H,7-9H2,1-2H3. The average Bonchev–Trinajstić information content (AvgIpc) is 2.88. The van der Waals surface area contributed by atoms with Crippen LogP contribution in [0.1, 0.15) is 5.89 Å². The van der Waals surface area contributed by atoms with Gasteiger partial charge in [0.2, 0.25) is 11.8 Å². The summed E-state index contributed by atoms with van der Waals surface area (Å²) in [4.78, 5) is 1.91. The number of methoxy groups -OCH3 is 1. The Morgan fingerprint density at radius 1 is 1.33 bits per heavy atom. The molecule has 1 N–H and O–H groups in total. The van der Waals surface area contributed by atoms with Gasteiger partial charge in [-0.05, 0) is 31.3 Å². The van der Waals surface area contributed by atoms with Crippen LogP contribution >= 0.6 is 15.9 Å². The third-order valence-electron chi connectivity index (χ3n) is 2.84. The van der Waals surface area contributed by atoms with Crippen LogP contribution in [-0.2, 0) is 11.3 Å². The lowest BCUT2D eigenvalue weighted by molar-refractivity contribution is 0.0404. The van der Waals surface area contributed by atoms with E-state index in [9.17, 15) is 5.11 Å². The fraction of sp³-hybridized carbons (Fsp3) is 0.429. The summed E-state index contributed by atoms with van der Waals surface area (Å²) < 4.78 is 11.5. The van der Waals surface area contributed by atoms with Crippen LogP contribution in [0.3, 0.4) is 0 Å². The number of likely N-dealkylation sites (N-methyl/N-ethyl adjacent to an activating group) is 1. The molecular formula is C14H18BrN3O3. The second kappa shape index (κ2) is 7.65. The van der Waals surface area contributed by atoms with Gasteiger partial charge in [-0.25, -0.2) is 0 Å². The Hall–Kier alpha value is -1.28. The molecule has 21 heavy (non-hydrogen) atoms. The van der Waals surface area contributed by atoms with Crippen molar-refractivity contribution in [3.05, 3.63) is 34.6 Å². The third-order valence-corrected chi connectivity index (χ3v) is 3.37. The van der Waals surface area contributed by atoms with Crippen molar-refractivity contribution in [3.8, 4) is 11.5 Å². The molecule has 0 aliphatic heterocycles. The summed E-state index contributed by atoms with van der Waals surface area (Å²) in [7, 11) is 3.44. The van der Waals surface area contributed by atoms with Crippen molar-refractivity contribution >= 4 is 15.9 Å². The quantitative estimate of drug-likeness (QED) is 0.818. The van der Waals surface area contributed by atoms with E-state index in [1.54, 1.807) is 7.11 Å². The van der Waals surface area contributed by atoms with Gasteiger partial charge < -0.3 is 14.3 Å². The molecule has 0 aliphatic rings. The van der Waals surface area contributed by atoms with E-state index in [4.69, 9.17) is 9.15 Å². The lowest BCUT2D eigenvalue weighted by Crippen LogP contribution is -2.31. The number of nitrogens with zero attached hydrogens (tertiary/aromatic N) is 3. The molecule has 2 rings (SSSR count). The van der Waals surface area contributed by atoms with E-state index >= 15 is 0 Å². The number of hydrogen-bond acceptors (Lipinski definition) is 6. The Morgan fingerprint density at radius 2 is 2.05 bits per heavy atom. The van der Waals surface area contributed by atoms with E-state index in [0.29, 0.717) is 31.5 Å². The van der Waals surface area contributed by atoms with Crippen LogP contribution in [0, 0.1) is 0 Å². The Bertz CT molecular complexity index is 559. The van der Waals surface area contributed by atoms with Crippen molar-refractivity contribution < 1.29 is 14.3 Å². The number of aromatic nitrogens is 2. The molecule has 1 atom stereocenters. The van der Waals surface area contributed by atoms with Gasteiger partial charge in [-0.2, -0.15) is 0 Å². The molecule has 2 aromatic rings. The predicted molar refractivity (Wildman–Crippen MR) is 81.7 cm³/mol. The molecule has 6 nitrogen and oxygen atoms in total. The van der Waals surface area contributed by atoms with Crippen molar-refractivity contribution in [2.24, 2.45) is 0 Å². The summed E-state index contributed by atoms with van der Waals surface area (Å²) >= 11 is 3.38. The van der Waals surface area contributed by atoms with Crippen molar-refractivity contribution in [1.29, 1.82) is 0 Å². The van der Waals surface area contributed by atoms with Crippen LogP contribution in [0.2, 0.25) is 0 Å². The first-order chi connectivity index (χ1) is 10.1. The molecule has 0 saturated heterocycles. The van der Waals surface area contributed by atoms with E-state index in [2.05, 4.69) is 26.1 Å². The number of benzene rings is 1. The highest BCUT2D eigenvalue weighted by Gasteiger charge is 2.13. The van der Waals surface area contributed by atoms with Crippen molar-refractivity contribution in [1.82, 2.24) is 15.1 Å². The maximum absolute atomic E-state index is 9.67. The van der Waals surface area contributed by atoms with E-state index in [-0.39, 0.29) is 0 Å². The van der Waals surface area contributed by atoms with Crippen LogP contribution in [0.4, 0.5) is 0 Å². The van der Waals surface area contributed by atoms with Gasteiger partial charge in [0.25, 0.3) is 0 Å². The number of rotatable bonds is 7. The lowest BCUT2D eigenvalue weighted by atomic mass is 10.2. The number of aliphatic hydroxyl groups is 1. The summed E-state index contributed by atoms with van der Waals surface area (Å²) in [6.07, 6.45) is -0.533. The Labute approximate surface area is 131 Å². The minimum Gasteiger partial charge on any atom is -0.419 e. The van der Waals surface area contributed by atoms with E-state index in [1.165, 1.54) is 0 Å². The molecule has 7 heteroatoms. The summed E-state index contributed by atoms with van der Waals surface area (Å²) in [6.45, 7) is 1.26. The molecule has 1 heterocycles. The Balaban J connectivity index is 1.95. The van der Waals surface area contributed by atoms with Crippen molar-refractivity contribution in [2.75, 3.05) is 27.3 Å². The second-order valence-corrected chi connectivity index (χ2v) is 5.73. The first-order valence-corrected chi connectivity index (χ1v) is 7.31. The van der Waals surface area contributed by atoms with Gasteiger partial charge in [-0.1, -0.05) is 15.9 Å². The SMILES string of the molecule is COCC(O)CN(C)Cc1nnc(-c2ccc(Br)cc2)o1. The topological polar surface area (TPSA) is 71.6 Å². The lowest BCUT2D eigenvalue weighted by Gasteiger charge is -2.18. The van der Waals surface area contributed by atoms with Crippen LogP contribution in [-0.4, -0.2) is 53.6 Å². The normalized spacial score (nSPS) is 12.8. The molecule has 0 radical (unpaired) electrons. The van der Waals surface area contributed by atoms with Crippen LogP contribution < -0.4 is 0 Å². The van der Waals surface area contributed by atoms with Gasteiger partial charge in [0.05, 0.1) is 19.3 Å². The highest BCUT2D eigenvalue weighted by atomic mass is 79.9. The summed E-state index contributed by atoms with van der Waals surface area (Å²) in [5.41, 5.74) is 0.874. The fourth-order valence-corrected chi connectivity index (χ4v) is 2.19. The van der Waals surface area contributed by atoms with Gasteiger partial charge in [0.1, 0.15) is 0 Å². The zero-order valence-corrected chi connectivity index (χ0v) is 13.6. The van der Waals surface area contributed by atoms with Crippen LogP contribution in [0.25, 0.3) is 11.5 Å². The number of halogens is 1. The van der Waals surface area contributed by atoms with Gasteiger partial charge in [-0.15, -0.1) is 10.2 Å². The van der Waals surface area contributed by atoms with Crippen molar-refractivity contribution in [3.63, 3.8) is 0 Å². The molecule has 0 saturated carbocycles. The second-order valence-electron chi connectivity index (χ2n) is 4.81. The van der Waals surface area contributed by atoms with Crippen LogP contribution in [0.15, 0.2) is 33.2 Å². The third kappa shape index (κ3) is 4.89. The zero-order valence-electron chi connectivity index (χ0n) is 12.0. The van der Waals surface area contributed by atoms with Gasteiger partial charge in [0, 0.05) is 23.7 Å². The number of hydrogen-bond donors (Lipinski definition) is 1. The molecule has 114 valence electrons. The average molecular weight is 356 g/mol. The number of aliphatic hydroxyl groups excluding tert-OH is 1. The highest BCUT2D eigenvalue weighted by molar-refractivity contribution is 9.10. The fourth-order valence-electron chi connectivity index (χ4n) is 1.93. The smallest absolute Gasteiger partial charge is 0.247 e. The van der Waals surface area contributed by atoms with Gasteiger partial charge in [0.15, 0.2) is 0 Å². The van der Waals surface area contributed by atoms with Crippen molar-refractivity contribution in [2.45, 2.75) is 12.6 Å². The Morgan fingerprint density at radius 3 is 2.71 bits per heavy atom. The van der Waals surface area contributed by atoms with Gasteiger partial charge in [-0.3, -0.25) is 4.90 Å². The molecule has 1 aromatic heterocycles. The molecule has 1 aromatic carbocycles. The summed E-state index contributed by atoms with van der Waals surface area (Å²) in [5.74, 6) is 1.00. The summed E-state index contributed by atoms with van der Waals surface area (Å²) in [5, 5.41) is 17.7. The van der Waals surface area contributed by atoms with E-state index < -0.39 is 6.10 Å². The Kier molecular flexibility index (Phi) is 5.86. The van der Waals surface area contributed by atoms with Gasteiger partial charge >= 0.3 is 0 Å². The minimum absolute atomic E-state index is 0.304. The largest absolute Gasteiger partial charge is 0.419 e. The van der Waals surface area contributed by atoms with E-state index in [0.717, 1.165) is 10.0 Å². The zero-order chi connectivity index (χ0) is 15.2. The summed E-state index contributed by atoms with van der Waals surface area (Å²) in [6, 6.07) is 7.67. The highest BCUT2D eigenvalue weighted by Crippen LogP contribution is 2.20. The predicted octanol–water partition coefficient (Wildman–Crippen LogP) is 1.94. The molecule has 0 bridgehead atoms. The van der Waals surface area contributed by atoms with Crippen LogP contribution in [0.5, 0.6) is 0 Å². The molecule has 0 amide bonds. The monoisotopic (exact) mass is 355 g/mol. The maximum atomic E-state index is 9.67. The minimum atomic E-state index is -0.533. The first kappa shape index (κ1) is 16.1. The molecule has 0 fully saturated rings.